The van der Waals surface area contributed by atoms with Crippen LogP contribution in [-0.4, -0.2) is 29.2 Å². The minimum absolute atomic E-state index is 0.0210. The maximum Gasteiger partial charge on any atom is 0.167 e. The number of aromatic hydroxyl groups is 1. The van der Waals surface area contributed by atoms with Gasteiger partial charge >= 0.3 is 0 Å². The number of phenols is 1. The standard InChI is InChI=1S/C20H26O4/c1-12-7-16(21)8-13(2)19(12)20-17(22)10-15(11-18(20)23)9-14-3-5-24-6-4-14/h7-8,14-15,21-22H,3-6,9-11H2,1-2H3. The Balaban J connectivity index is 1.82. The first kappa shape index (κ1) is 17.0. The summed E-state index contributed by atoms with van der Waals surface area (Å²) in [6.07, 6.45) is 4.16. The van der Waals surface area contributed by atoms with E-state index in [4.69, 9.17) is 4.74 Å². The van der Waals surface area contributed by atoms with E-state index >= 15 is 0 Å². The van der Waals surface area contributed by atoms with Crippen LogP contribution in [0.5, 0.6) is 5.75 Å². The molecule has 2 N–H and O–H groups in total. The van der Waals surface area contributed by atoms with E-state index in [2.05, 4.69) is 0 Å². The van der Waals surface area contributed by atoms with Gasteiger partial charge in [0.2, 0.25) is 0 Å². The van der Waals surface area contributed by atoms with Gasteiger partial charge in [0.05, 0.1) is 5.57 Å². The fourth-order valence-electron chi connectivity index (χ4n) is 4.21. The van der Waals surface area contributed by atoms with Gasteiger partial charge in [-0.25, -0.2) is 0 Å². The SMILES string of the molecule is Cc1cc(O)cc(C)c1C1=C(O)CC(CC2CCOCC2)CC1=O. The summed E-state index contributed by atoms with van der Waals surface area (Å²) in [5.74, 6) is 1.24. The Bertz CT molecular complexity index is 645. The van der Waals surface area contributed by atoms with Gasteiger partial charge in [-0.2, -0.15) is 0 Å². The second-order valence-corrected chi connectivity index (χ2v) is 7.27. The molecule has 0 spiro atoms. The lowest BCUT2D eigenvalue weighted by atomic mass is 9.77. The number of rotatable bonds is 3. The molecule has 2 aliphatic rings. The van der Waals surface area contributed by atoms with Crippen LogP contribution in [0.25, 0.3) is 5.57 Å². The van der Waals surface area contributed by atoms with Crippen LogP contribution in [0, 0.1) is 25.7 Å². The zero-order valence-corrected chi connectivity index (χ0v) is 14.5. The van der Waals surface area contributed by atoms with Gasteiger partial charge in [0.15, 0.2) is 5.78 Å². The number of carbonyl (C=O) groups excluding carboxylic acids is 1. The van der Waals surface area contributed by atoms with Gasteiger partial charge < -0.3 is 14.9 Å². The molecular formula is C20H26O4. The van der Waals surface area contributed by atoms with Crippen molar-refractivity contribution in [2.24, 2.45) is 11.8 Å². The van der Waals surface area contributed by atoms with E-state index in [0.717, 1.165) is 49.2 Å². The van der Waals surface area contributed by atoms with E-state index in [9.17, 15) is 15.0 Å². The molecule has 1 unspecified atom stereocenters. The Morgan fingerprint density at radius 1 is 1.04 bits per heavy atom. The summed E-state index contributed by atoms with van der Waals surface area (Å²) in [6.45, 7) is 5.35. The predicted octanol–water partition coefficient (Wildman–Crippen LogP) is 4.07. The molecule has 1 aromatic carbocycles. The van der Waals surface area contributed by atoms with Gasteiger partial charge in [0.25, 0.3) is 0 Å². The van der Waals surface area contributed by atoms with Crippen molar-refractivity contribution in [1.29, 1.82) is 0 Å². The number of aliphatic hydroxyl groups excluding tert-OH is 1. The summed E-state index contributed by atoms with van der Waals surface area (Å²) in [7, 11) is 0. The van der Waals surface area contributed by atoms with E-state index in [1.807, 2.05) is 13.8 Å². The molecule has 0 amide bonds. The van der Waals surface area contributed by atoms with E-state index < -0.39 is 0 Å². The molecule has 1 saturated heterocycles. The maximum atomic E-state index is 12.7. The molecule has 24 heavy (non-hydrogen) atoms. The summed E-state index contributed by atoms with van der Waals surface area (Å²) < 4.78 is 5.40. The summed E-state index contributed by atoms with van der Waals surface area (Å²) in [5.41, 5.74) is 2.88. The molecule has 1 aliphatic heterocycles. The van der Waals surface area contributed by atoms with Crippen LogP contribution in [-0.2, 0) is 9.53 Å². The highest BCUT2D eigenvalue weighted by molar-refractivity contribution is 6.22. The quantitative estimate of drug-likeness (QED) is 0.876. The number of aliphatic hydroxyl groups is 1. The minimum atomic E-state index is 0.0210. The largest absolute Gasteiger partial charge is 0.512 e. The van der Waals surface area contributed by atoms with E-state index in [0.29, 0.717) is 24.3 Å². The highest BCUT2D eigenvalue weighted by atomic mass is 16.5. The lowest BCUT2D eigenvalue weighted by molar-refractivity contribution is -0.115. The lowest BCUT2D eigenvalue weighted by Gasteiger charge is -2.29. The topological polar surface area (TPSA) is 66.8 Å². The number of allylic oxidation sites excluding steroid dienone is 2. The molecule has 3 rings (SSSR count). The molecule has 1 heterocycles. The smallest absolute Gasteiger partial charge is 0.167 e. The molecule has 130 valence electrons. The van der Waals surface area contributed by atoms with Crippen molar-refractivity contribution in [3.63, 3.8) is 0 Å². The van der Waals surface area contributed by atoms with Gasteiger partial charge in [0.1, 0.15) is 11.5 Å². The number of ether oxygens (including phenoxy) is 1. The number of benzene rings is 1. The molecule has 4 nitrogen and oxygen atoms in total. The molecule has 0 radical (unpaired) electrons. The van der Waals surface area contributed by atoms with Crippen molar-refractivity contribution in [3.05, 3.63) is 34.6 Å². The summed E-state index contributed by atoms with van der Waals surface area (Å²) in [6, 6.07) is 3.29. The van der Waals surface area contributed by atoms with Gasteiger partial charge in [-0.05, 0) is 73.8 Å². The number of Topliss-reactive ketones (excluding diaryl/α,β-unsaturated/α-hetero) is 1. The summed E-state index contributed by atoms with van der Waals surface area (Å²) >= 11 is 0. The number of carbonyl (C=O) groups is 1. The monoisotopic (exact) mass is 330 g/mol. The Kier molecular flexibility index (Phi) is 4.95. The average Bonchev–Trinajstić information content (AvgIpc) is 2.50. The Morgan fingerprint density at radius 2 is 1.67 bits per heavy atom. The minimum Gasteiger partial charge on any atom is -0.512 e. The predicted molar refractivity (Wildman–Crippen MR) is 93.0 cm³/mol. The van der Waals surface area contributed by atoms with Gasteiger partial charge in [0, 0.05) is 26.1 Å². The zero-order chi connectivity index (χ0) is 17.3. The molecule has 4 heteroatoms. The van der Waals surface area contributed by atoms with Crippen molar-refractivity contribution in [2.75, 3.05) is 13.2 Å². The summed E-state index contributed by atoms with van der Waals surface area (Å²) in [4.78, 5) is 12.7. The molecule has 1 aliphatic carbocycles. The fraction of sp³-hybridized carbons (Fsp3) is 0.550. The Morgan fingerprint density at radius 3 is 2.25 bits per heavy atom. The van der Waals surface area contributed by atoms with Gasteiger partial charge in [-0.15, -0.1) is 0 Å². The van der Waals surface area contributed by atoms with Crippen LogP contribution in [0.4, 0.5) is 0 Å². The first-order chi connectivity index (χ1) is 11.5. The van der Waals surface area contributed by atoms with Gasteiger partial charge in [-0.3, -0.25) is 4.79 Å². The first-order valence-corrected chi connectivity index (χ1v) is 8.79. The number of aryl methyl sites for hydroxylation is 2. The lowest BCUT2D eigenvalue weighted by Crippen LogP contribution is -2.24. The Hall–Kier alpha value is -1.81. The van der Waals surface area contributed by atoms with Crippen LogP contribution < -0.4 is 0 Å². The molecule has 0 bridgehead atoms. The molecular weight excluding hydrogens is 304 g/mol. The van der Waals surface area contributed by atoms with Crippen LogP contribution in [0.3, 0.4) is 0 Å². The zero-order valence-electron chi connectivity index (χ0n) is 14.5. The number of hydrogen-bond acceptors (Lipinski definition) is 4. The molecule has 1 aromatic rings. The molecule has 1 fully saturated rings. The van der Waals surface area contributed by atoms with E-state index in [1.165, 1.54) is 0 Å². The fourth-order valence-corrected chi connectivity index (χ4v) is 4.21. The number of phenolic OH excluding ortho intramolecular Hbond substituents is 1. The van der Waals surface area contributed by atoms with Crippen molar-refractivity contribution in [2.45, 2.75) is 46.0 Å². The number of ketones is 1. The van der Waals surface area contributed by atoms with Crippen LogP contribution in [0.2, 0.25) is 0 Å². The third-order valence-corrected chi connectivity index (χ3v) is 5.30. The van der Waals surface area contributed by atoms with Crippen molar-refractivity contribution in [3.8, 4) is 5.75 Å². The third-order valence-electron chi connectivity index (χ3n) is 5.30. The normalized spacial score (nSPS) is 22.9. The molecule has 0 saturated carbocycles. The van der Waals surface area contributed by atoms with Crippen molar-refractivity contribution < 1.29 is 19.7 Å². The summed E-state index contributed by atoms with van der Waals surface area (Å²) in [5, 5.41) is 20.3. The highest BCUT2D eigenvalue weighted by Crippen LogP contribution is 2.39. The maximum absolute atomic E-state index is 12.7. The highest BCUT2D eigenvalue weighted by Gasteiger charge is 2.31. The second kappa shape index (κ2) is 6.98. The molecule has 1 atom stereocenters. The van der Waals surface area contributed by atoms with E-state index in [1.54, 1.807) is 12.1 Å². The van der Waals surface area contributed by atoms with Crippen molar-refractivity contribution in [1.82, 2.24) is 0 Å². The van der Waals surface area contributed by atoms with Crippen molar-refractivity contribution >= 4 is 11.4 Å². The Labute approximate surface area is 143 Å². The van der Waals surface area contributed by atoms with E-state index in [-0.39, 0.29) is 23.2 Å². The second-order valence-electron chi connectivity index (χ2n) is 7.27. The third kappa shape index (κ3) is 3.48. The van der Waals surface area contributed by atoms with Crippen LogP contribution in [0.15, 0.2) is 17.9 Å². The van der Waals surface area contributed by atoms with Gasteiger partial charge in [-0.1, -0.05) is 0 Å². The van der Waals surface area contributed by atoms with Crippen LogP contribution >= 0.6 is 0 Å². The first-order valence-electron chi connectivity index (χ1n) is 8.79. The number of hydrogen-bond donors (Lipinski definition) is 2. The molecule has 0 aromatic heterocycles. The van der Waals surface area contributed by atoms with Crippen LogP contribution in [0.1, 0.15) is 48.8 Å². The average molecular weight is 330 g/mol.